The van der Waals surface area contributed by atoms with Crippen molar-refractivity contribution in [1.29, 1.82) is 0 Å². The van der Waals surface area contributed by atoms with Gasteiger partial charge in [-0.2, -0.15) is 0 Å². The molecule has 2 aromatic rings. The molecule has 0 spiro atoms. The zero-order valence-corrected chi connectivity index (χ0v) is 11.9. The van der Waals surface area contributed by atoms with Gasteiger partial charge in [0.15, 0.2) is 0 Å². The topological polar surface area (TPSA) is 72.2 Å². The van der Waals surface area contributed by atoms with Crippen LogP contribution in [0.5, 0.6) is 0 Å². The van der Waals surface area contributed by atoms with Gasteiger partial charge in [-0.25, -0.2) is 8.42 Å². The smallest absolute Gasteiger partial charge is 0.271 e. The number of thiophene rings is 1. The molecule has 4 nitrogen and oxygen atoms in total. The Morgan fingerprint density at radius 1 is 1.28 bits per heavy atom. The second-order valence-corrected chi connectivity index (χ2v) is 7.36. The number of halogens is 1. The molecule has 0 aliphatic rings. The van der Waals surface area contributed by atoms with Crippen LogP contribution < -0.4 is 10.5 Å². The second-order valence-electron chi connectivity index (χ2n) is 3.74. The van der Waals surface area contributed by atoms with Gasteiger partial charge in [-0.15, -0.1) is 11.3 Å². The van der Waals surface area contributed by atoms with Gasteiger partial charge in [0.25, 0.3) is 10.0 Å². The molecule has 3 N–H and O–H groups in total. The highest BCUT2D eigenvalue weighted by Crippen LogP contribution is 2.28. The van der Waals surface area contributed by atoms with Gasteiger partial charge >= 0.3 is 0 Å². The Kier molecular flexibility index (Phi) is 3.52. The van der Waals surface area contributed by atoms with Gasteiger partial charge in [0.1, 0.15) is 4.21 Å². The molecule has 0 saturated heterocycles. The summed E-state index contributed by atoms with van der Waals surface area (Å²) in [6.07, 6.45) is 0. The van der Waals surface area contributed by atoms with Crippen molar-refractivity contribution in [3.63, 3.8) is 0 Å². The predicted molar refractivity (Wildman–Crippen MR) is 75.7 cm³/mol. The lowest BCUT2D eigenvalue weighted by molar-refractivity contribution is 0.603. The fraction of sp³-hybridized carbons (Fsp3) is 0.0909. The van der Waals surface area contributed by atoms with Gasteiger partial charge in [-0.05, 0) is 36.8 Å². The summed E-state index contributed by atoms with van der Waals surface area (Å²) >= 11 is 6.74. The van der Waals surface area contributed by atoms with Crippen LogP contribution in [0.3, 0.4) is 0 Å². The van der Waals surface area contributed by atoms with Crippen molar-refractivity contribution < 1.29 is 8.42 Å². The van der Waals surface area contributed by atoms with E-state index >= 15 is 0 Å². The number of nitrogens with one attached hydrogen (secondary N) is 1. The van der Waals surface area contributed by atoms with E-state index in [-0.39, 0.29) is 4.21 Å². The maximum absolute atomic E-state index is 12.1. The zero-order chi connectivity index (χ0) is 13.3. The summed E-state index contributed by atoms with van der Waals surface area (Å²) in [4.78, 5) is 0. The van der Waals surface area contributed by atoms with E-state index in [1.165, 1.54) is 6.07 Å². The van der Waals surface area contributed by atoms with Crippen molar-refractivity contribution >= 4 is 44.3 Å². The quantitative estimate of drug-likeness (QED) is 0.856. The lowest BCUT2D eigenvalue weighted by atomic mass is 10.2. The molecule has 7 heteroatoms. The minimum absolute atomic E-state index is 0.175. The highest BCUT2D eigenvalue weighted by atomic mass is 35.5. The van der Waals surface area contributed by atoms with Crippen molar-refractivity contribution in [3.8, 4) is 0 Å². The molecule has 0 aliphatic carbocycles. The molecular formula is C11H11ClN2O2S2. The molecule has 0 bridgehead atoms. The van der Waals surface area contributed by atoms with E-state index in [2.05, 4.69) is 4.72 Å². The number of nitrogens with two attached hydrogens (primary N) is 1. The fourth-order valence-corrected chi connectivity index (χ4v) is 3.99. The molecule has 2 rings (SSSR count). The lowest BCUT2D eigenvalue weighted by Gasteiger charge is -2.09. The standard InChI is InChI=1S/C11H11ClN2O2S2/c1-7-2-3-8(13)6-9(7)14-18(15,16)11-5-4-10(12)17-11/h2-6,14H,13H2,1H3. The maximum Gasteiger partial charge on any atom is 0.271 e. The van der Waals surface area contributed by atoms with Gasteiger partial charge < -0.3 is 5.73 Å². The maximum atomic E-state index is 12.1. The Labute approximate surface area is 114 Å². The third kappa shape index (κ3) is 2.77. The number of rotatable bonds is 3. The molecule has 18 heavy (non-hydrogen) atoms. The molecule has 0 unspecified atom stereocenters. The number of anilines is 2. The minimum atomic E-state index is -3.60. The summed E-state index contributed by atoms with van der Waals surface area (Å²) in [7, 11) is -3.60. The molecule has 0 amide bonds. The Morgan fingerprint density at radius 2 is 2.00 bits per heavy atom. The normalized spacial score (nSPS) is 11.4. The first kappa shape index (κ1) is 13.2. The summed E-state index contributed by atoms with van der Waals surface area (Å²) in [5.74, 6) is 0. The number of benzene rings is 1. The summed E-state index contributed by atoms with van der Waals surface area (Å²) < 4.78 is 27.3. The van der Waals surface area contributed by atoms with E-state index in [1.54, 1.807) is 31.2 Å². The molecule has 96 valence electrons. The van der Waals surface area contributed by atoms with Crippen LogP contribution in [0.2, 0.25) is 4.34 Å². The largest absolute Gasteiger partial charge is 0.399 e. The van der Waals surface area contributed by atoms with Gasteiger partial charge in [0.05, 0.1) is 10.0 Å². The first-order valence-corrected chi connectivity index (χ1v) is 7.70. The number of hydrogen-bond donors (Lipinski definition) is 2. The van der Waals surface area contributed by atoms with E-state index < -0.39 is 10.0 Å². The van der Waals surface area contributed by atoms with Crippen LogP contribution in [0.1, 0.15) is 5.56 Å². The average Bonchev–Trinajstić information content (AvgIpc) is 2.71. The number of aryl methyl sites for hydroxylation is 1. The van der Waals surface area contributed by atoms with E-state index in [0.29, 0.717) is 15.7 Å². The molecule has 0 fully saturated rings. The minimum Gasteiger partial charge on any atom is -0.399 e. The fourth-order valence-electron chi connectivity index (χ4n) is 1.39. The summed E-state index contributed by atoms with van der Waals surface area (Å²) in [5.41, 5.74) is 7.41. The first-order valence-electron chi connectivity index (χ1n) is 5.03. The number of nitrogen functional groups attached to an aromatic ring is 1. The van der Waals surface area contributed by atoms with Gasteiger partial charge in [0.2, 0.25) is 0 Å². The Bertz CT molecular complexity index is 680. The van der Waals surface area contributed by atoms with Gasteiger partial charge in [-0.1, -0.05) is 17.7 Å². The highest BCUT2D eigenvalue weighted by molar-refractivity contribution is 7.94. The lowest BCUT2D eigenvalue weighted by Crippen LogP contribution is -2.12. The Hall–Kier alpha value is -1.24. The van der Waals surface area contributed by atoms with Crippen molar-refractivity contribution in [2.24, 2.45) is 0 Å². The summed E-state index contributed by atoms with van der Waals surface area (Å²) in [5, 5.41) is 0. The van der Waals surface area contributed by atoms with Crippen LogP contribution in [-0.4, -0.2) is 8.42 Å². The molecular weight excluding hydrogens is 292 g/mol. The molecule has 0 radical (unpaired) electrons. The summed E-state index contributed by atoms with van der Waals surface area (Å²) in [6, 6.07) is 8.08. The highest BCUT2D eigenvalue weighted by Gasteiger charge is 2.17. The average molecular weight is 303 g/mol. The predicted octanol–water partition coefficient (Wildman–Crippen LogP) is 3.09. The third-order valence-corrected chi connectivity index (χ3v) is 5.41. The van der Waals surface area contributed by atoms with E-state index in [0.717, 1.165) is 16.9 Å². The van der Waals surface area contributed by atoms with Gasteiger partial charge in [-0.3, -0.25) is 4.72 Å². The van der Waals surface area contributed by atoms with Crippen LogP contribution in [-0.2, 0) is 10.0 Å². The van der Waals surface area contributed by atoms with Crippen LogP contribution in [0.15, 0.2) is 34.5 Å². The first-order chi connectivity index (χ1) is 8.38. The van der Waals surface area contributed by atoms with Crippen LogP contribution >= 0.6 is 22.9 Å². The molecule has 1 heterocycles. The second kappa shape index (κ2) is 4.79. The molecule has 0 atom stereocenters. The van der Waals surface area contributed by atoms with Gasteiger partial charge in [0, 0.05) is 5.69 Å². The summed E-state index contributed by atoms with van der Waals surface area (Å²) in [6.45, 7) is 1.80. The van der Waals surface area contributed by atoms with Crippen molar-refractivity contribution in [2.75, 3.05) is 10.5 Å². The van der Waals surface area contributed by atoms with Crippen LogP contribution in [0.25, 0.3) is 0 Å². The van der Waals surface area contributed by atoms with E-state index in [1.807, 2.05) is 0 Å². The van der Waals surface area contributed by atoms with Crippen LogP contribution in [0.4, 0.5) is 11.4 Å². The van der Waals surface area contributed by atoms with Crippen molar-refractivity contribution in [3.05, 3.63) is 40.2 Å². The number of sulfonamides is 1. The third-order valence-electron chi connectivity index (χ3n) is 2.32. The number of hydrogen-bond acceptors (Lipinski definition) is 4. The Balaban J connectivity index is 2.36. The monoisotopic (exact) mass is 302 g/mol. The molecule has 0 aliphatic heterocycles. The molecule has 1 aromatic carbocycles. The molecule has 0 saturated carbocycles. The Morgan fingerprint density at radius 3 is 2.61 bits per heavy atom. The van der Waals surface area contributed by atoms with E-state index in [9.17, 15) is 8.42 Å². The van der Waals surface area contributed by atoms with Crippen molar-refractivity contribution in [1.82, 2.24) is 0 Å². The molecule has 1 aromatic heterocycles. The zero-order valence-electron chi connectivity index (χ0n) is 9.48. The van der Waals surface area contributed by atoms with Crippen molar-refractivity contribution in [2.45, 2.75) is 11.1 Å². The van der Waals surface area contributed by atoms with E-state index in [4.69, 9.17) is 17.3 Å². The van der Waals surface area contributed by atoms with Crippen LogP contribution in [0, 0.1) is 6.92 Å². The SMILES string of the molecule is Cc1ccc(N)cc1NS(=O)(=O)c1ccc(Cl)s1.